The average molecular weight is 178 g/mol. The van der Waals surface area contributed by atoms with Gasteiger partial charge in [0.2, 0.25) is 0 Å². The SMILES string of the molecule is c1c(C2CCN2)nnn1CC1CC1. The molecule has 70 valence electrons. The molecule has 1 saturated carbocycles. The molecule has 1 aliphatic carbocycles. The molecule has 1 aromatic rings. The summed E-state index contributed by atoms with van der Waals surface area (Å²) in [6.45, 7) is 2.19. The standard InChI is InChI=1S/C9H14N4/c1-2-7(1)5-13-6-9(11-12-13)8-3-4-10-8/h6-8,10H,1-5H2. The van der Waals surface area contributed by atoms with E-state index in [1.54, 1.807) is 0 Å². The summed E-state index contributed by atoms with van der Waals surface area (Å²) in [6, 6.07) is 0.480. The van der Waals surface area contributed by atoms with Crippen molar-refractivity contribution >= 4 is 0 Å². The van der Waals surface area contributed by atoms with Crippen molar-refractivity contribution in [1.29, 1.82) is 0 Å². The Labute approximate surface area is 77.3 Å². The van der Waals surface area contributed by atoms with Crippen molar-refractivity contribution in [3.05, 3.63) is 11.9 Å². The zero-order valence-electron chi connectivity index (χ0n) is 7.61. The molecule has 1 atom stereocenters. The van der Waals surface area contributed by atoms with E-state index in [4.69, 9.17) is 0 Å². The van der Waals surface area contributed by atoms with Crippen LogP contribution in [0.3, 0.4) is 0 Å². The smallest absolute Gasteiger partial charge is 0.0996 e. The predicted molar refractivity (Wildman–Crippen MR) is 48.1 cm³/mol. The Morgan fingerprint density at radius 3 is 2.92 bits per heavy atom. The molecule has 0 spiro atoms. The zero-order chi connectivity index (χ0) is 8.67. The third kappa shape index (κ3) is 1.46. The number of aromatic nitrogens is 3. The maximum Gasteiger partial charge on any atom is 0.0996 e. The molecule has 0 amide bonds. The van der Waals surface area contributed by atoms with Gasteiger partial charge in [-0.1, -0.05) is 5.21 Å². The van der Waals surface area contributed by atoms with Gasteiger partial charge in [0.25, 0.3) is 0 Å². The van der Waals surface area contributed by atoms with E-state index in [9.17, 15) is 0 Å². The third-order valence-electron chi connectivity index (χ3n) is 2.88. The largest absolute Gasteiger partial charge is 0.308 e. The molecule has 1 aliphatic heterocycles. The van der Waals surface area contributed by atoms with Crippen LogP contribution in [0.2, 0.25) is 0 Å². The lowest BCUT2D eigenvalue weighted by Crippen LogP contribution is -2.35. The minimum absolute atomic E-state index is 0.480. The number of hydrogen-bond acceptors (Lipinski definition) is 3. The highest BCUT2D eigenvalue weighted by molar-refractivity contribution is 5.04. The van der Waals surface area contributed by atoms with Crippen molar-refractivity contribution in [2.45, 2.75) is 31.8 Å². The Morgan fingerprint density at radius 2 is 2.31 bits per heavy atom. The molecular formula is C9H14N4. The van der Waals surface area contributed by atoms with Gasteiger partial charge in [-0.2, -0.15) is 0 Å². The lowest BCUT2D eigenvalue weighted by molar-refractivity contribution is 0.375. The van der Waals surface area contributed by atoms with E-state index in [1.807, 2.05) is 4.68 Å². The fourth-order valence-electron chi connectivity index (χ4n) is 1.67. The van der Waals surface area contributed by atoms with Gasteiger partial charge in [-0.15, -0.1) is 5.10 Å². The highest BCUT2D eigenvalue weighted by Gasteiger charge is 2.24. The molecule has 1 N–H and O–H groups in total. The van der Waals surface area contributed by atoms with Crippen LogP contribution in [0.15, 0.2) is 6.20 Å². The Bertz CT molecular complexity index is 298. The highest BCUT2D eigenvalue weighted by atomic mass is 15.4. The van der Waals surface area contributed by atoms with E-state index < -0.39 is 0 Å². The van der Waals surface area contributed by atoms with E-state index in [1.165, 1.54) is 19.3 Å². The summed E-state index contributed by atoms with van der Waals surface area (Å²) < 4.78 is 1.99. The zero-order valence-corrected chi connectivity index (χ0v) is 7.61. The van der Waals surface area contributed by atoms with Gasteiger partial charge in [0.1, 0.15) is 0 Å². The molecule has 2 fully saturated rings. The first-order valence-electron chi connectivity index (χ1n) is 5.05. The van der Waals surface area contributed by atoms with Crippen molar-refractivity contribution in [3.63, 3.8) is 0 Å². The molecule has 4 nitrogen and oxygen atoms in total. The Kier molecular flexibility index (Phi) is 1.62. The first kappa shape index (κ1) is 7.50. The van der Waals surface area contributed by atoms with Crippen LogP contribution in [0.25, 0.3) is 0 Å². The van der Waals surface area contributed by atoms with Gasteiger partial charge < -0.3 is 5.32 Å². The molecule has 0 aromatic carbocycles. The predicted octanol–water partition coefficient (Wildman–Crippen LogP) is 0.722. The molecule has 0 bridgehead atoms. The lowest BCUT2D eigenvalue weighted by Gasteiger charge is -2.24. The number of nitrogens with one attached hydrogen (secondary N) is 1. The van der Waals surface area contributed by atoms with Gasteiger partial charge in [0, 0.05) is 6.54 Å². The molecule has 1 saturated heterocycles. The van der Waals surface area contributed by atoms with Gasteiger partial charge >= 0.3 is 0 Å². The van der Waals surface area contributed by atoms with Gasteiger partial charge in [-0.25, -0.2) is 0 Å². The van der Waals surface area contributed by atoms with Crippen molar-refractivity contribution in [1.82, 2.24) is 20.3 Å². The summed E-state index contributed by atoms with van der Waals surface area (Å²) in [5, 5.41) is 11.6. The van der Waals surface area contributed by atoms with Crippen molar-refractivity contribution < 1.29 is 0 Å². The molecule has 4 heteroatoms. The summed E-state index contributed by atoms with van der Waals surface area (Å²) in [4.78, 5) is 0. The van der Waals surface area contributed by atoms with Crippen LogP contribution in [0.4, 0.5) is 0 Å². The maximum absolute atomic E-state index is 4.17. The molecule has 1 unspecified atom stereocenters. The second kappa shape index (κ2) is 2.80. The molecule has 0 radical (unpaired) electrons. The Balaban J connectivity index is 1.69. The molecule has 13 heavy (non-hydrogen) atoms. The number of nitrogens with zero attached hydrogens (tertiary/aromatic N) is 3. The van der Waals surface area contributed by atoms with Crippen LogP contribution < -0.4 is 5.32 Å². The van der Waals surface area contributed by atoms with Gasteiger partial charge in [0.15, 0.2) is 0 Å². The van der Waals surface area contributed by atoms with Crippen LogP contribution in [-0.4, -0.2) is 21.5 Å². The summed E-state index contributed by atoms with van der Waals surface area (Å²) in [5.41, 5.74) is 1.12. The molecule has 3 rings (SSSR count). The van der Waals surface area contributed by atoms with E-state index in [0.717, 1.165) is 24.7 Å². The monoisotopic (exact) mass is 178 g/mol. The fourth-order valence-corrected chi connectivity index (χ4v) is 1.67. The van der Waals surface area contributed by atoms with Crippen molar-refractivity contribution in [3.8, 4) is 0 Å². The van der Waals surface area contributed by atoms with Crippen molar-refractivity contribution in [2.24, 2.45) is 5.92 Å². The van der Waals surface area contributed by atoms with E-state index >= 15 is 0 Å². The summed E-state index contributed by atoms with van der Waals surface area (Å²) in [5.74, 6) is 0.879. The Hall–Kier alpha value is -0.900. The highest BCUT2D eigenvalue weighted by Crippen LogP contribution is 2.30. The second-order valence-electron chi connectivity index (χ2n) is 4.10. The first-order chi connectivity index (χ1) is 6.42. The van der Waals surface area contributed by atoms with Crippen LogP contribution >= 0.6 is 0 Å². The van der Waals surface area contributed by atoms with E-state index in [-0.39, 0.29) is 0 Å². The van der Waals surface area contributed by atoms with Crippen LogP contribution in [0, 0.1) is 5.92 Å². The van der Waals surface area contributed by atoms with Crippen LogP contribution in [0.5, 0.6) is 0 Å². The molecule has 2 heterocycles. The van der Waals surface area contributed by atoms with Gasteiger partial charge in [-0.3, -0.25) is 4.68 Å². The lowest BCUT2D eigenvalue weighted by atomic mass is 10.1. The van der Waals surface area contributed by atoms with Crippen LogP contribution in [-0.2, 0) is 6.54 Å². The van der Waals surface area contributed by atoms with Crippen LogP contribution in [0.1, 0.15) is 31.0 Å². The number of hydrogen-bond donors (Lipinski definition) is 1. The summed E-state index contributed by atoms with van der Waals surface area (Å²) >= 11 is 0. The average Bonchev–Trinajstić information content (AvgIpc) is 2.69. The quantitative estimate of drug-likeness (QED) is 0.741. The first-order valence-corrected chi connectivity index (χ1v) is 5.05. The maximum atomic E-state index is 4.17. The number of rotatable bonds is 3. The van der Waals surface area contributed by atoms with Gasteiger partial charge in [0.05, 0.1) is 17.9 Å². The minimum Gasteiger partial charge on any atom is -0.308 e. The van der Waals surface area contributed by atoms with E-state index in [2.05, 4.69) is 21.8 Å². The van der Waals surface area contributed by atoms with E-state index in [0.29, 0.717) is 6.04 Å². The molecular weight excluding hydrogens is 164 g/mol. The van der Waals surface area contributed by atoms with Gasteiger partial charge in [-0.05, 0) is 31.7 Å². The van der Waals surface area contributed by atoms with Crippen molar-refractivity contribution in [2.75, 3.05) is 6.54 Å². The topological polar surface area (TPSA) is 42.7 Å². The minimum atomic E-state index is 0.480. The summed E-state index contributed by atoms with van der Waals surface area (Å²) in [7, 11) is 0. The molecule has 2 aliphatic rings. The normalized spacial score (nSPS) is 27.2. The fraction of sp³-hybridized carbons (Fsp3) is 0.778. The Morgan fingerprint density at radius 1 is 1.46 bits per heavy atom. The third-order valence-corrected chi connectivity index (χ3v) is 2.88. The summed E-state index contributed by atoms with van der Waals surface area (Å²) in [6.07, 6.45) is 6.05. The second-order valence-corrected chi connectivity index (χ2v) is 4.10. The molecule has 1 aromatic heterocycles.